The lowest BCUT2D eigenvalue weighted by Gasteiger charge is -2.10. The van der Waals surface area contributed by atoms with Gasteiger partial charge in [-0.3, -0.25) is 0 Å². The molecule has 0 fully saturated rings. The third-order valence-electron chi connectivity index (χ3n) is 2.94. The molecule has 0 aliphatic heterocycles. The summed E-state index contributed by atoms with van der Waals surface area (Å²) >= 11 is 3.29. The van der Waals surface area contributed by atoms with Gasteiger partial charge in [-0.15, -0.1) is 0 Å². The normalized spacial score (nSPS) is 11.4. The molecule has 0 heterocycles. The molecule has 2 aromatic rings. The van der Waals surface area contributed by atoms with Gasteiger partial charge in [0.1, 0.15) is 11.5 Å². The molecule has 0 atom stereocenters. The van der Waals surface area contributed by atoms with Gasteiger partial charge >= 0.3 is 0 Å². The van der Waals surface area contributed by atoms with E-state index in [9.17, 15) is 8.42 Å². The molecule has 0 saturated heterocycles. The van der Waals surface area contributed by atoms with Crippen LogP contribution in [0.2, 0.25) is 0 Å². The Kier molecular flexibility index (Phi) is 4.17. The first-order chi connectivity index (χ1) is 9.27. The van der Waals surface area contributed by atoms with Crippen LogP contribution in [0, 0.1) is 13.8 Å². The van der Waals surface area contributed by atoms with Crippen molar-refractivity contribution in [2.45, 2.75) is 18.7 Å². The highest BCUT2D eigenvalue weighted by Gasteiger charge is 2.11. The van der Waals surface area contributed by atoms with Crippen molar-refractivity contribution in [2.75, 3.05) is 0 Å². The highest BCUT2D eigenvalue weighted by Crippen LogP contribution is 2.32. The first-order valence-electron chi connectivity index (χ1n) is 5.85. The van der Waals surface area contributed by atoms with Crippen LogP contribution in [-0.2, 0) is 10.0 Å². The monoisotopic (exact) mass is 355 g/mol. The molecule has 0 saturated carbocycles. The zero-order chi connectivity index (χ0) is 14.9. The minimum atomic E-state index is -3.71. The zero-order valence-electron chi connectivity index (χ0n) is 11.1. The van der Waals surface area contributed by atoms with Gasteiger partial charge in [0.05, 0.1) is 9.37 Å². The largest absolute Gasteiger partial charge is 0.456 e. The maximum absolute atomic E-state index is 11.3. The Hall–Kier alpha value is -1.37. The average Bonchev–Trinajstić information content (AvgIpc) is 2.35. The molecule has 0 aliphatic carbocycles. The Bertz CT molecular complexity index is 757. The SMILES string of the molecule is Cc1ccc(Oc2ccc(S(N)(=O)=O)cc2Br)cc1C. The Morgan fingerprint density at radius 1 is 1.05 bits per heavy atom. The summed E-state index contributed by atoms with van der Waals surface area (Å²) in [5.41, 5.74) is 2.31. The van der Waals surface area contributed by atoms with Gasteiger partial charge in [0.15, 0.2) is 0 Å². The van der Waals surface area contributed by atoms with E-state index < -0.39 is 10.0 Å². The van der Waals surface area contributed by atoms with E-state index in [4.69, 9.17) is 9.88 Å². The summed E-state index contributed by atoms with van der Waals surface area (Å²) in [6.07, 6.45) is 0. The molecule has 4 nitrogen and oxygen atoms in total. The molecule has 2 rings (SSSR count). The fourth-order valence-electron chi connectivity index (χ4n) is 1.65. The van der Waals surface area contributed by atoms with E-state index in [2.05, 4.69) is 15.9 Å². The minimum absolute atomic E-state index is 0.0387. The number of hydrogen-bond donors (Lipinski definition) is 1. The summed E-state index contributed by atoms with van der Waals surface area (Å²) in [5.74, 6) is 1.22. The van der Waals surface area contributed by atoms with Gasteiger partial charge in [0.2, 0.25) is 10.0 Å². The van der Waals surface area contributed by atoms with Gasteiger partial charge in [-0.25, -0.2) is 13.6 Å². The molecule has 20 heavy (non-hydrogen) atoms. The molecule has 2 aromatic carbocycles. The van der Waals surface area contributed by atoms with Gasteiger partial charge in [-0.1, -0.05) is 6.07 Å². The molecule has 2 N–H and O–H groups in total. The first kappa shape index (κ1) is 15.0. The maximum Gasteiger partial charge on any atom is 0.238 e. The van der Waals surface area contributed by atoms with Crippen molar-refractivity contribution in [3.05, 3.63) is 52.0 Å². The van der Waals surface area contributed by atoms with Gasteiger partial charge in [0, 0.05) is 0 Å². The summed E-state index contributed by atoms with van der Waals surface area (Å²) in [6.45, 7) is 4.03. The Morgan fingerprint density at radius 3 is 2.30 bits per heavy atom. The highest BCUT2D eigenvalue weighted by molar-refractivity contribution is 9.10. The summed E-state index contributed by atoms with van der Waals surface area (Å²) in [7, 11) is -3.71. The molecule has 0 bridgehead atoms. The summed E-state index contributed by atoms with van der Waals surface area (Å²) < 4.78 is 28.8. The molecule has 0 spiro atoms. The highest BCUT2D eigenvalue weighted by atomic mass is 79.9. The van der Waals surface area contributed by atoms with E-state index in [-0.39, 0.29) is 4.90 Å². The van der Waals surface area contributed by atoms with E-state index in [0.29, 0.717) is 16.0 Å². The number of aryl methyl sites for hydroxylation is 2. The van der Waals surface area contributed by atoms with Crippen LogP contribution in [0.4, 0.5) is 0 Å². The van der Waals surface area contributed by atoms with Crippen LogP contribution in [0.1, 0.15) is 11.1 Å². The van der Waals surface area contributed by atoms with Crippen LogP contribution in [0.15, 0.2) is 45.8 Å². The van der Waals surface area contributed by atoms with Crippen molar-refractivity contribution in [3.63, 3.8) is 0 Å². The summed E-state index contributed by atoms with van der Waals surface area (Å²) in [5, 5.41) is 5.08. The van der Waals surface area contributed by atoms with Crippen molar-refractivity contribution < 1.29 is 13.2 Å². The second kappa shape index (κ2) is 5.55. The van der Waals surface area contributed by atoms with Crippen molar-refractivity contribution in [1.29, 1.82) is 0 Å². The predicted octanol–water partition coefficient (Wildman–Crippen LogP) is 3.51. The van der Waals surface area contributed by atoms with Crippen LogP contribution in [0.25, 0.3) is 0 Å². The van der Waals surface area contributed by atoms with Crippen molar-refractivity contribution in [3.8, 4) is 11.5 Å². The van der Waals surface area contributed by atoms with Crippen LogP contribution in [0.3, 0.4) is 0 Å². The number of primary sulfonamides is 1. The molecule has 6 heteroatoms. The van der Waals surface area contributed by atoms with Gasteiger partial charge in [-0.05, 0) is 71.2 Å². The minimum Gasteiger partial charge on any atom is -0.456 e. The van der Waals surface area contributed by atoms with Crippen molar-refractivity contribution >= 4 is 26.0 Å². The standard InChI is InChI=1S/C14H14BrNO3S/c1-9-3-4-11(7-10(9)2)19-14-6-5-12(8-13(14)15)20(16,17)18/h3-8H,1-2H3,(H2,16,17,18). The molecule has 0 unspecified atom stereocenters. The molecular formula is C14H14BrNO3S. The van der Waals surface area contributed by atoms with Crippen LogP contribution in [0.5, 0.6) is 11.5 Å². The topological polar surface area (TPSA) is 69.4 Å². The number of rotatable bonds is 3. The zero-order valence-corrected chi connectivity index (χ0v) is 13.5. The summed E-state index contributed by atoms with van der Waals surface area (Å²) in [4.78, 5) is 0.0387. The lowest BCUT2D eigenvalue weighted by atomic mass is 10.1. The number of ether oxygens (including phenoxy) is 1. The van der Waals surface area contributed by atoms with Gasteiger partial charge in [-0.2, -0.15) is 0 Å². The van der Waals surface area contributed by atoms with E-state index >= 15 is 0 Å². The summed E-state index contributed by atoms with van der Waals surface area (Å²) in [6, 6.07) is 10.2. The van der Waals surface area contributed by atoms with Crippen molar-refractivity contribution in [2.24, 2.45) is 5.14 Å². The number of benzene rings is 2. The Labute approximate surface area is 126 Å². The number of nitrogens with two attached hydrogens (primary N) is 1. The van der Waals surface area contributed by atoms with E-state index in [1.165, 1.54) is 17.7 Å². The Morgan fingerprint density at radius 2 is 1.75 bits per heavy atom. The third kappa shape index (κ3) is 3.39. The molecule has 106 valence electrons. The van der Waals surface area contributed by atoms with E-state index in [1.54, 1.807) is 6.07 Å². The second-order valence-corrected chi connectivity index (χ2v) is 6.90. The molecule has 0 radical (unpaired) electrons. The predicted molar refractivity (Wildman–Crippen MR) is 81.5 cm³/mol. The quantitative estimate of drug-likeness (QED) is 0.915. The third-order valence-corrected chi connectivity index (χ3v) is 4.47. The van der Waals surface area contributed by atoms with Crippen LogP contribution in [-0.4, -0.2) is 8.42 Å². The van der Waals surface area contributed by atoms with Crippen LogP contribution >= 0.6 is 15.9 Å². The lowest BCUT2D eigenvalue weighted by Crippen LogP contribution is -2.11. The van der Waals surface area contributed by atoms with Crippen molar-refractivity contribution in [1.82, 2.24) is 0 Å². The van der Waals surface area contributed by atoms with E-state index in [0.717, 1.165) is 5.56 Å². The van der Waals surface area contributed by atoms with Gasteiger partial charge < -0.3 is 4.74 Å². The first-order valence-corrected chi connectivity index (χ1v) is 8.19. The second-order valence-electron chi connectivity index (χ2n) is 4.49. The molecule has 0 aliphatic rings. The molecular weight excluding hydrogens is 342 g/mol. The fourth-order valence-corrected chi connectivity index (χ4v) is 2.80. The lowest BCUT2D eigenvalue weighted by molar-refractivity contribution is 0.478. The molecule has 0 amide bonds. The van der Waals surface area contributed by atoms with Crippen LogP contribution < -0.4 is 9.88 Å². The van der Waals surface area contributed by atoms with E-state index in [1.807, 2.05) is 32.0 Å². The Balaban J connectivity index is 2.32. The van der Waals surface area contributed by atoms with Gasteiger partial charge in [0.25, 0.3) is 0 Å². The molecule has 0 aromatic heterocycles. The number of halogens is 1. The number of sulfonamides is 1. The number of hydrogen-bond acceptors (Lipinski definition) is 3. The fraction of sp³-hybridized carbons (Fsp3) is 0.143. The smallest absolute Gasteiger partial charge is 0.238 e. The average molecular weight is 356 g/mol. The maximum atomic E-state index is 11.3.